The number of piperazine rings is 1. The molecule has 4 nitrogen and oxygen atoms in total. The standard InChI is InChI=1S/C19H30N2O2/c1-5-19(22)21-10-8-20(9-11-21)12-13-23-17-6-7-18(15(2)3)16(4)14-17/h6-7,14-15H,5,8-13H2,1-4H3. The predicted octanol–water partition coefficient (Wildman–Crippen LogP) is 3.05. The maximum atomic E-state index is 11.7. The van der Waals surface area contributed by atoms with Gasteiger partial charge < -0.3 is 9.64 Å². The summed E-state index contributed by atoms with van der Waals surface area (Å²) in [5, 5.41) is 0. The average molecular weight is 318 g/mol. The molecule has 1 fully saturated rings. The number of benzene rings is 1. The van der Waals surface area contributed by atoms with Gasteiger partial charge in [0.25, 0.3) is 0 Å². The first-order valence-electron chi connectivity index (χ1n) is 8.74. The highest BCUT2D eigenvalue weighted by Gasteiger charge is 2.19. The first-order chi connectivity index (χ1) is 11.0. The van der Waals surface area contributed by atoms with Crippen LogP contribution in [0.25, 0.3) is 0 Å². The molecule has 1 aliphatic rings. The number of hydrogen-bond acceptors (Lipinski definition) is 3. The average Bonchev–Trinajstić information content (AvgIpc) is 2.54. The molecule has 1 heterocycles. The van der Waals surface area contributed by atoms with Crippen molar-refractivity contribution in [1.29, 1.82) is 0 Å². The van der Waals surface area contributed by atoms with E-state index in [0.29, 0.717) is 18.9 Å². The molecule has 0 atom stereocenters. The van der Waals surface area contributed by atoms with Crippen LogP contribution < -0.4 is 4.74 Å². The lowest BCUT2D eigenvalue weighted by molar-refractivity contribution is -0.132. The van der Waals surface area contributed by atoms with Gasteiger partial charge in [0, 0.05) is 39.1 Å². The van der Waals surface area contributed by atoms with Crippen LogP contribution in [0, 0.1) is 6.92 Å². The summed E-state index contributed by atoms with van der Waals surface area (Å²) >= 11 is 0. The summed E-state index contributed by atoms with van der Waals surface area (Å²) < 4.78 is 5.90. The highest BCUT2D eigenvalue weighted by atomic mass is 16.5. The quantitative estimate of drug-likeness (QED) is 0.808. The number of carbonyl (C=O) groups is 1. The third-order valence-electron chi connectivity index (χ3n) is 4.57. The van der Waals surface area contributed by atoms with Crippen molar-refractivity contribution in [2.75, 3.05) is 39.3 Å². The fraction of sp³-hybridized carbons (Fsp3) is 0.632. The smallest absolute Gasteiger partial charge is 0.222 e. The van der Waals surface area contributed by atoms with Crippen molar-refractivity contribution in [1.82, 2.24) is 9.80 Å². The molecule has 0 spiro atoms. The van der Waals surface area contributed by atoms with Crippen LogP contribution in [-0.4, -0.2) is 55.0 Å². The molecule has 0 aromatic heterocycles. The van der Waals surface area contributed by atoms with Gasteiger partial charge in [0.2, 0.25) is 5.91 Å². The Morgan fingerprint density at radius 3 is 2.48 bits per heavy atom. The third-order valence-corrected chi connectivity index (χ3v) is 4.57. The van der Waals surface area contributed by atoms with Gasteiger partial charge in [-0.25, -0.2) is 0 Å². The van der Waals surface area contributed by atoms with Crippen LogP contribution in [0.5, 0.6) is 5.75 Å². The molecule has 0 aliphatic carbocycles. The van der Waals surface area contributed by atoms with Gasteiger partial charge >= 0.3 is 0 Å². The lowest BCUT2D eigenvalue weighted by atomic mass is 9.98. The first-order valence-corrected chi connectivity index (χ1v) is 8.74. The van der Waals surface area contributed by atoms with Gasteiger partial charge in [0.15, 0.2) is 0 Å². The van der Waals surface area contributed by atoms with E-state index in [2.05, 4.69) is 43.9 Å². The Kier molecular flexibility index (Phi) is 6.46. The Morgan fingerprint density at radius 2 is 1.91 bits per heavy atom. The van der Waals surface area contributed by atoms with Crippen molar-refractivity contribution in [2.45, 2.75) is 40.0 Å². The van der Waals surface area contributed by atoms with E-state index >= 15 is 0 Å². The van der Waals surface area contributed by atoms with Crippen LogP contribution in [-0.2, 0) is 4.79 Å². The summed E-state index contributed by atoms with van der Waals surface area (Å²) in [7, 11) is 0. The number of aryl methyl sites for hydroxylation is 1. The van der Waals surface area contributed by atoms with E-state index in [1.165, 1.54) is 11.1 Å². The summed E-state index contributed by atoms with van der Waals surface area (Å²) in [5.41, 5.74) is 2.68. The molecule has 4 heteroatoms. The lowest BCUT2D eigenvalue weighted by Gasteiger charge is -2.34. The minimum absolute atomic E-state index is 0.265. The molecule has 0 N–H and O–H groups in total. The van der Waals surface area contributed by atoms with Crippen LogP contribution in [0.3, 0.4) is 0 Å². The first kappa shape index (κ1) is 17.8. The fourth-order valence-corrected chi connectivity index (χ4v) is 3.12. The van der Waals surface area contributed by atoms with Crippen LogP contribution >= 0.6 is 0 Å². The fourth-order valence-electron chi connectivity index (χ4n) is 3.12. The third kappa shape index (κ3) is 4.96. The largest absolute Gasteiger partial charge is 0.492 e. The van der Waals surface area contributed by atoms with Gasteiger partial charge in [-0.15, -0.1) is 0 Å². The normalized spacial score (nSPS) is 16.0. The molecule has 0 unspecified atom stereocenters. The van der Waals surface area contributed by atoms with Gasteiger partial charge in [0.05, 0.1) is 0 Å². The summed E-state index contributed by atoms with van der Waals surface area (Å²) in [6.07, 6.45) is 0.606. The molecular weight excluding hydrogens is 288 g/mol. The number of ether oxygens (including phenoxy) is 1. The van der Waals surface area contributed by atoms with Gasteiger partial charge in [0.1, 0.15) is 12.4 Å². The summed E-state index contributed by atoms with van der Waals surface area (Å²) in [6.45, 7) is 13.7. The lowest BCUT2D eigenvalue weighted by Crippen LogP contribution is -2.49. The second kappa shape index (κ2) is 8.34. The van der Waals surface area contributed by atoms with Crippen molar-refractivity contribution >= 4 is 5.91 Å². The number of amides is 1. The Balaban J connectivity index is 1.74. The molecule has 0 saturated carbocycles. The second-order valence-electron chi connectivity index (χ2n) is 6.60. The molecule has 1 aromatic carbocycles. The van der Waals surface area contributed by atoms with E-state index in [0.717, 1.165) is 38.5 Å². The molecule has 1 amide bonds. The van der Waals surface area contributed by atoms with Crippen molar-refractivity contribution in [3.63, 3.8) is 0 Å². The Bertz CT molecular complexity index is 520. The zero-order chi connectivity index (χ0) is 16.8. The van der Waals surface area contributed by atoms with E-state index in [4.69, 9.17) is 4.74 Å². The van der Waals surface area contributed by atoms with E-state index in [1.807, 2.05) is 11.8 Å². The summed E-state index contributed by atoms with van der Waals surface area (Å²) in [5.74, 6) is 1.76. The molecule has 1 saturated heterocycles. The summed E-state index contributed by atoms with van der Waals surface area (Å²) in [4.78, 5) is 16.0. The predicted molar refractivity (Wildman–Crippen MR) is 94.1 cm³/mol. The minimum Gasteiger partial charge on any atom is -0.492 e. The van der Waals surface area contributed by atoms with Gasteiger partial charge in [-0.3, -0.25) is 9.69 Å². The maximum Gasteiger partial charge on any atom is 0.222 e. The van der Waals surface area contributed by atoms with Crippen LogP contribution in [0.1, 0.15) is 44.2 Å². The molecule has 2 rings (SSSR count). The molecule has 23 heavy (non-hydrogen) atoms. The number of nitrogens with zero attached hydrogens (tertiary/aromatic N) is 2. The van der Waals surface area contributed by atoms with Crippen molar-refractivity contribution in [3.8, 4) is 5.75 Å². The van der Waals surface area contributed by atoms with Gasteiger partial charge in [-0.2, -0.15) is 0 Å². The molecular formula is C19H30N2O2. The van der Waals surface area contributed by atoms with Crippen molar-refractivity contribution in [3.05, 3.63) is 29.3 Å². The van der Waals surface area contributed by atoms with Crippen LogP contribution in [0.2, 0.25) is 0 Å². The molecule has 128 valence electrons. The highest BCUT2D eigenvalue weighted by Crippen LogP contribution is 2.23. The highest BCUT2D eigenvalue weighted by molar-refractivity contribution is 5.75. The molecule has 0 radical (unpaired) electrons. The zero-order valence-electron chi connectivity index (χ0n) is 15.0. The monoisotopic (exact) mass is 318 g/mol. The van der Waals surface area contributed by atoms with E-state index < -0.39 is 0 Å². The maximum absolute atomic E-state index is 11.7. The SMILES string of the molecule is CCC(=O)N1CCN(CCOc2ccc(C(C)C)c(C)c2)CC1. The second-order valence-corrected chi connectivity index (χ2v) is 6.60. The van der Waals surface area contributed by atoms with E-state index in [9.17, 15) is 4.79 Å². The number of hydrogen-bond donors (Lipinski definition) is 0. The number of carbonyl (C=O) groups excluding carboxylic acids is 1. The zero-order valence-corrected chi connectivity index (χ0v) is 15.0. The van der Waals surface area contributed by atoms with Crippen molar-refractivity contribution < 1.29 is 9.53 Å². The van der Waals surface area contributed by atoms with E-state index in [-0.39, 0.29) is 5.91 Å². The van der Waals surface area contributed by atoms with Crippen molar-refractivity contribution in [2.24, 2.45) is 0 Å². The minimum atomic E-state index is 0.265. The van der Waals surface area contributed by atoms with Crippen LogP contribution in [0.15, 0.2) is 18.2 Å². The van der Waals surface area contributed by atoms with Crippen LogP contribution in [0.4, 0.5) is 0 Å². The molecule has 1 aromatic rings. The molecule has 1 aliphatic heterocycles. The Morgan fingerprint density at radius 1 is 1.22 bits per heavy atom. The number of rotatable bonds is 6. The Hall–Kier alpha value is -1.55. The molecule has 0 bridgehead atoms. The van der Waals surface area contributed by atoms with Gasteiger partial charge in [-0.1, -0.05) is 26.8 Å². The Labute approximate surface area is 140 Å². The summed E-state index contributed by atoms with van der Waals surface area (Å²) in [6, 6.07) is 6.37. The van der Waals surface area contributed by atoms with Gasteiger partial charge in [-0.05, 0) is 36.1 Å². The van der Waals surface area contributed by atoms with E-state index in [1.54, 1.807) is 0 Å². The topological polar surface area (TPSA) is 32.8 Å².